The van der Waals surface area contributed by atoms with Gasteiger partial charge in [0.15, 0.2) is 0 Å². The highest BCUT2D eigenvalue weighted by Crippen LogP contribution is 2.25. The van der Waals surface area contributed by atoms with Crippen molar-refractivity contribution in [3.05, 3.63) is 0 Å². The highest BCUT2D eigenvalue weighted by Gasteiger charge is 2.31. The minimum absolute atomic E-state index is 0.0710. The van der Waals surface area contributed by atoms with Gasteiger partial charge in [0.25, 0.3) is 0 Å². The maximum absolute atomic E-state index is 11.6. The molecular formula is C11H18N2O3. The molecule has 3 N–H and O–H groups in total. The second-order valence-corrected chi connectivity index (χ2v) is 4.84. The fourth-order valence-electron chi connectivity index (χ4n) is 2.38. The first-order chi connectivity index (χ1) is 7.65. The predicted octanol–water partition coefficient (Wildman–Crippen LogP) is -0.0346. The summed E-state index contributed by atoms with van der Waals surface area (Å²) in [6, 6.07) is 0.0710. The third kappa shape index (κ3) is 2.72. The number of nitrogens with one attached hydrogen (secondary N) is 2. The molecule has 5 nitrogen and oxygen atoms in total. The average Bonchev–Trinajstić information content (AvgIpc) is 2.60. The number of amides is 1. The second-order valence-electron chi connectivity index (χ2n) is 4.84. The Morgan fingerprint density at radius 2 is 2.06 bits per heavy atom. The van der Waals surface area contributed by atoms with Gasteiger partial charge in [-0.1, -0.05) is 0 Å². The summed E-state index contributed by atoms with van der Waals surface area (Å²) in [5.74, 6) is -0.463. The van der Waals surface area contributed by atoms with Crippen molar-refractivity contribution in [3.63, 3.8) is 0 Å². The molecule has 1 aliphatic heterocycles. The van der Waals surface area contributed by atoms with E-state index in [-0.39, 0.29) is 17.9 Å². The second kappa shape index (κ2) is 4.82. The van der Waals surface area contributed by atoms with E-state index >= 15 is 0 Å². The predicted molar refractivity (Wildman–Crippen MR) is 57.9 cm³/mol. The third-order valence-corrected chi connectivity index (χ3v) is 3.49. The zero-order valence-electron chi connectivity index (χ0n) is 9.24. The molecule has 2 rings (SSSR count). The summed E-state index contributed by atoms with van der Waals surface area (Å²) in [6.07, 6.45) is 2.64. The van der Waals surface area contributed by atoms with E-state index in [1.54, 1.807) is 0 Å². The van der Waals surface area contributed by atoms with Gasteiger partial charge in [0, 0.05) is 12.5 Å². The van der Waals surface area contributed by atoms with Crippen LogP contribution >= 0.6 is 0 Å². The number of carbonyl (C=O) groups is 2. The smallest absolute Gasteiger partial charge is 0.306 e. The number of carbonyl (C=O) groups excluding carboxylic acids is 1. The first-order valence-corrected chi connectivity index (χ1v) is 5.88. The maximum Gasteiger partial charge on any atom is 0.306 e. The molecule has 1 amide bonds. The van der Waals surface area contributed by atoms with Gasteiger partial charge in [-0.3, -0.25) is 9.59 Å². The summed E-state index contributed by atoms with van der Waals surface area (Å²) in [6.45, 7) is 1.85. The lowest BCUT2D eigenvalue weighted by molar-refractivity contribution is -0.141. The van der Waals surface area contributed by atoms with E-state index in [0.29, 0.717) is 25.2 Å². The van der Waals surface area contributed by atoms with Crippen LogP contribution in [0.25, 0.3) is 0 Å². The number of rotatable bonds is 4. The molecule has 1 saturated heterocycles. The maximum atomic E-state index is 11.6. The molecule has 90 valence electrons. The van der Waals surface area contributed by atoms with Gasteiger partial charge in [-0.15, -0.1) is 0 Å². The van der Waals surface area contributed by atoms with Crippen molar-refractivity contribution in [3.8, 4) is 0 Å². The lowest BCUT2D eigenvalue weighted by atomic mass is 9.99. The Labute approximate surface area is 94.6 Å². The van der Waals surface area contributed by atoms with E-state index in [9.17, 15) is 9.59 Å². The molecule has 2 fully saturated rings. The van der Waals surface area contributed by atoms with Gasteiger partial charge in [0.2, 0.25) is 5.91 Å². The molecular weight excluding hydrogens is 208 g/mol. The molecule has 2 aliphatic rings. The van der Waals surface area contributed by atoms with Crippen LogP contribution in [0, 0.1) is 11.8 Å². The van der Waals surface area contributed by atoms with E-state index < -0.39 is 5.97 Å². The van der Waals surface area contributed by atoms with Crippen LogP contribution in [0.2, 0.25) is 0 Å². The molecule has 5 heteroatoms. The molecule has 1 aliphatic carbocycles. The third-order valence-electron chi connectivity index (χ3n) is 3.49. The molecule has 0 unspecified atom stereocenters. The van der Waals surface area contributed by atoms with Crippen molar-refractivity contribution >= 4 is 11.9 Å². The van der Waals surface area contributed by atoms with Gasteiger partial charge in [-0.25, -0.2) is 0 Å². The Bertz CT molecular complexity index is 289. The van der Waals surface area contributed by atoms with Crippen LogP contribution in [0.4, 0.5) is 0 Å². The topological polar surface area (TPSA) is 78.4 Å². The Morgan fingerprint density at radius 1 is 1.31 bits per heavy atom. The van der Waals surface area contributed by atoms with Gasteiger partial charge in [-0.05, 0) is 38.3 Å². The van der Waals surface area contributed by atoms with E-state index in [4.69, 9.17) is 5.11 Å². The van der Waals surface area contributed by atoms with Crippen LogP contribution in [-0.4, -0.2) is 36.1 Å². The van der Waals surface area contributed by atoms with Crippen LogP contribution in [0.1, 0.15) is 25.7 Å². The first-order valence-electron chi connectivity index (χ1n) is 5.88. The van der Waals surface area contributed by atoms with E-state index in [2.05, 4.69) is 10.6 Å². The highest BCUT2D eigenvalue weighted by atomic mass is 16.4. The van der Waals surface area contributed by atoms with Crippen molar-refractivity contribution in [2.75, 3.05) is 13.1 Å². The Morgan fingerprint density at radius 3 is 2.56 bits per heavy atom. The Balaban J connectivity index is 1.69. The first kappa shape index (κ1) is 11.4. The summed E-state index contributed by atoms with van der Waals surface area (Å²) >= 11 is 0. The summed E-state index contributed by atoms with van der Waals surface area (Å²) in [5, 5.41) is 14.9. The molecule has 0 aromatic carbocycles. The molecule has 2 atom stereocenters. The zero-order valence-corrected chi connectivity index (χ0v) is 9.24. The van der Waals surface area contributed by atoms with Gasteiger partial charge in [0.1, 0.15) is 0 Å². The SMILES string of the molecule is O=C(CC1CNC1)N[C@H]1CC[C@@H](C(=O)O)C1. The summed E-state index contributed by atoms with van der Waals surface area (Å²) in [7, 11) is 0. The van der Waals surface area contributed by atoms with Crippen LogP contribution in [0.5, 0.6) is 0 Å². The minimum atomic E-state index is -0.736. The molecule has 1 saturated carbocycles. The number of carboxylic acid groups (broad SMARTS) is 1. The van der Waals surface area contributed by atoms with Crippen LogP contribution in [0.3, 0.4) is 0 Å². The molecule has 0 spiro atoms. The molecule has 0 bridgehead atoms. The van der Waals surface area contributed by atoms with Crippen molar-refractivity contribution in [2.24, 2.45) is 11.8 Å². The zero-order chi connectivity index (χ0) is 11.5. The highest BCUT2D eigenvalue weighted by molar-refractivity contribution is 5.77. The molecule has 0 aromatic rings. The number of aliphatic carboxylic acids is 1. The van der Waals surface area contributed by atoms with E-state index in [1.165, 1.54) is 0 Å². The lowest BCUT2D eigenvalue weighted by Gasteiger charge is -2.26. The van der Waals surface area contributed by atoms with Crippen LogP contribution in [-0.2, 0) is 9.59 Å². The lowest BCUT2D eigenvalue weighted by Crippen LogP contribution is -2.45. The van der Waals surface area contributed by atoms with Crippen LogP contribution < -0.4 is 10.6 Å². The van der Waals surface area contributed by atoms with E-state index in [1.807, 2.05) is 0 Å². The van der Waals surface area contributed by atoms with Crippen molar-refractivity contribution in [2.45, 2.75) is 31.7 Å². The normalized spacial score (nSPS) is 29.8. The summed E-state index contributed by atoms with van der Waals surface area (Å²) in [4.78, 5) is 22.3. The van der Waals surface area contributed by atoms with Gasteiger partial charge in [-0.2, -0.15) is 0 Å². The largest absolute Gasteiger partial charge is 0.481 e. The monoisotopic (exact) mass is 226 g/mol. The average molecular weight is 226 g/mol. The molecule has 16 heavy (non-hydrogen) atoms. The number of hydrogen-bond acceptors (Lipinski definition) is 3. The van der Waals surface area contributed by atoms with E-state index in [0.717, 1.165) is 19.5 Å². The van der Waals surface area contributed by atoms with Crippen molar-refractivity contribution in [1.82, 2.24) is 10.6 Å². The number of carboxylic acids is 1. The van der Waals surface area contributed by atoms with Gasteiger partial charge >= 0.3 is 5.97 Å². The summed E-state index contributed by atoms with van der Waals surface area (Å²) < 4.78 is 0. The Kier molecular flexibility index (Phi) is 3.43. The Hall–Kier alpha value is -1.10. The van der Waals surface area contributed by atoms with Gasteiger partial charge in [0.05, 0.1) is 5.92 Å². The van der Waals surface area contributed by atoms with Crippen LogP contribution in [0.15, 0.2) is 0 Å². The van der Waals surface area contributed by atoms with Crippen molar-refractivity contribution < 1.29 is 14.7 Å². The van der Waals surface area contributed by atoms with Gasteiger partial charge < -0.3 is 15.7 Å². The fraction of sp³-hybridized carbons (Fsp3) is 0.818. The summed E-state index contributed by atoms with van der Waals surface area (Å²) in [5.41, 5.74) is 0. The van der Waals surface area contributed by atoms with Crippen molar-refractivity contribution in [1.29, 1.82) is 0 Å². The fourth-order valence-corrected chi connectivity index (χ4v) is 2.38. The standard InChI is InChI=1S/C11H18N2O3/c14-10(3-7-5-12-6-7)13-9-2-1-8(4-9)11(15)16/h7-9,12H,1-6H2,(H,13,14)(H,15,16)/t8-,9+/m1/s1. The number of hydrogen-bond donors (Lipinski definition) is 3. The molecule has 0 radical (unpaired) electrons. The molecule has 1 heterocycles. The quantitative estimate of drug-likeness (QED) is 0.629. The minimum Gasteiger partial charge on any atom is -0.481 e. The molecule has 0 aromatic heterocycles.